The second-order valence-corrected chi connectivity index (χ2v) is 6.24. The third kappa shape index (κ3) is 3.72. The molecular weight excluding hydrogens is 376 g/mol. The number of halogens is 5. The first-order valence-electron chi connectivity index (χ1n) is 7.74. The Morgan fingerprint density at radius 2 is 1.88 bits per heavy atom. The molecule has 0 aliphatic carbocycles. The number of carbonyl (C=O) groups is 1. The molecule has 0 saturated carbocycles. The molecule has 26 heavy (non-hydrogen) atoms. The van der Waals surface area contributed by atoms with E-state index in [1.807, 2.05) is 0 Å². The largest absolute Gasteiger partial charge is 0.366 e. The highest BCUT2D eigenvalue weighted by molar-refractivity contribution is 6.30. The summed E-state index contributed by atoms with van der Waals surface area (Å²) in [4.78, 5) is 20.0. The highest BCUT2D eigenvalue weighted by Crippen LogP contribution is 2.30. The van der Waals surface area contributed by atoms with Crippen LogP contribution in [0.5, 0.6) is 0 Å². The van der Waals surface area contributed by atoms with Crippen molar-refractivity contribution in [3.05, 3.63) is 46.9 Å². The summed E-state index contributed by atoms with van der Waals surface area (Å²) in [6, 6.07) is 3.05. The maximum atomic E-state index is 13.9. The Hall–Kier alpha value is -2.42. The smallest absolute Gasteiger partial charge is 0.253 e. The zero-order chi connectivity index (χ0) is 18.8. The van der Waals surface area contributed by atoms with Gasteiger partial charge in [0.25, 0.3) is 11.9 Å². The van der Waals surface area contributed by atoms with E-state index in [0.717, 1.165) is 4.90 Å². The second kappa shape index (κ2) is 7.45. The van der Waals surface area contributed by atoms with Crippen LogP contribution in [0, 0.1) is 29.4 Å². The zero-order valence-corrected chi connectivity index (χ0v) is 14.0. The van der Waals surface area contributed by atoms with Gasteiger partial charge in [0.15, 0.2) is 0 Å². The van der Waals surface area contributed by atoms with E-state index in [9.17, 15) is 22.4 Å². The normalized spacial score (nSPS) is 17.3. The van der Waals surface area contributed by atoms with Gasteiger partial charge in [0, 0.05) is 19.3 Å². The number of aromatic nitrogens is 2. The van der Waals surface area contributed by atoms with Gasteiger partial charge in [0.2, 0.25) is 17.5 Å². The van der Waals surface area contributed by atoms with Gasteiger partial charge in [-0.2, -0.15) is 22.5 Å². The van der Waals surface area contributed by atoms with Gasteiger partial charge in [-0.05, 0) is 25.0 Å². The first-order chi connectivity index (χ1) is 12.4. The Morgan fingerprint density at radius 1 is 1.19 bits per heavy atom. The number of nitrogens with one attached hydrogen (secondary N) is 1. The number of amides is 1. The molecule has 1 fully saturated rings. The third-order valence-electron chi connectivity index (χ3n) is 4.06. The van der Waals surface area contributed by atoms with Gasteiger partial charge in [-0.15, -0.1) is 0 Å². The first kappa shape index (κ1) is 18.4. The number of hydrogen-bond acceptors (Lipinski definition) is 4. The van der Waals surface area contributed by atoms with Crippen LogP contribution in [0.2, 0.25) is 5.02 Å². The second-order valence-electron chi connectivity index (χ2n) is 5.81. The van der Waals surface area contributed by atoms with Gasteiger partial charge in [0.1, 0.15) is 11.5 Å². The quantitative estimate of drug-likeness (QED) is 0.645. The monoisotopic (exact) mass is 388 g/mol. The molecule has 0 radical (unpaired) electrons. The predicted octanol–water partition coefficient (Wildman–Crippen LogP) is 3.54. The Bertz CT molecular complexity index is 808. The molecule has 1 N–H and O–H groups in total. The van der Waals surface area contributed by atoms with Crippen LogP contribution in [0.4, 0.5) is 29.1 Å². The van der Waals surface area contributed by atoms with Gasteiger partial charge < -0.3 is 10.2 Å². The molecule has 3 heterocycles. The number of pyridine rings is 2. The summed E-state index contributed by atoms with van der Waals surface area (Å²) >= 11 is 5.72. The van der Waals surface area contributed by atoms with E-state index < -0.39 is 41.0 Å². The van der Waals surface area contributed by atoms with Crippen molar-refractivity contribution in [2.45, 2.75) is 12.8 Å². The molecule has 138 valence electrons. The lowest BCUT2D eigenvalue weighted by molar-refractivity contribution is -0.120. The molecule has 0 spiro atoms. The Morgan fingerprint density at radius 3 is 2.50 bits per heavy atom. The van der Waals surface area contributed by atoms with E-state index in [1.54, 1.807) is 6.07 Å². The van der Waals surface area contributed by atoms with Gasteiger partial charge in [-0.1, -0.05) is 11.6 Å². The minimum absolute atomic E-state index is 0.101. The summed E-state index contributed by atoms with van der Waals surface area (Å²) in [6.45, 7) is 0.0515. The number of anilines is 2. The molecule has 2 aromatic heterocycles. The van der Waals surface area contributed by atoms with Crippen molar-refractivity contribution in [2.75, 3.05) is 23.3 Å². The van der Waals surface area contributed by atoms with E-state index in [0.29, 0.717) is 17.9 Å². The van der Waals surface area contributed by atoms with E-state index in [1.165, 1.54) is 12.3 Å². The van der Waals surface area contributed by atoms with E-state index in [-0.39, 0.29) is 18.9 Å². The summed E-state index contributed by atoms with van der Waals surface area (Å²) in [5.41, 5.74) is -0.850. The van der Waals surface area contributed by atoms with Crippen LogP contribution in [-0.2, 0) is 4.79 Å². The zero-order valence-electron chi connectivity index (χ0n) is 13.3. The highest BCUT2D eigenvalue weighted by atomic mass is 35.5. The molecule has 0 aromatic carbocycles. The summed E-state index contributed by atoms with van der Waals surface area (Å²) in [6.07, 6.45) is 2.23. The standard InChI is InChI=1S/C16H13ClF4N4O/c17-9-3-4-10(22-6-9)23-16(26)8-2-1-5-25(7-8)13-11(18)14(20)24-15(21)12(13)19/h3-4,6,8H,1-2,5,7H2,(H,22,23,26). The minimum Gasteiger partial charge on any atom is -0.366 e. The van der Waals surface area contributed by atoms with Crippen molar-refractivity contribution in [1.29, 1.82) is 0 Å². The molecular formula is C16H13ClF4N4O. The molecule has 1 aliphatic heterocycles. The van der Waals surface area contributed by atoms with Gasteiger partial charge in [0.05, 0.1) is 10.9 Å². The lowest BCUT2D eigenvalue weighted by Gasteiger charge is -2.33. The van der Waals surface area contributed by atoms with Crippen LogP contribution >= 0.6 is 11.6 Å². The van der Waals surface area contributed by atoms with Crippen molar-refractivity contribution in [3.8, 4) is 0 Å². The third-order valence-corrected chi connectivity index (χ3v) is 4.29. The van der Waals surface area contributed by atoms with Crippen molar-refractivity contribution < 1.29 is 22.4 Å². The molecule has 2 aromatic rings. The molecule has 3 rings (SSSR count). The molecule has 0 bridgehead atoms. The van der Waals surface area contributed by atoms with Crippen LogP contribution in [0.15, 0.2) is 18.3 Å². The molecule has 1 unspecified atom stereocenters. The Labute approximate surface area is 151 Å². The van der Waals surface area contributed by atoms with Crippen LogP contribution in [0.3, 0.4) is 0 Å². The summed E-state index contributed by atoms with van der Waals surface area (Å²) in [5.74, 6) is -7.39. The van der Waals surface area contributed by atoms with Gasteiger partial charge >= 0.3 is 0 Å². The highest BCUT2D eigenvalue weighted by Gasteiger charge is 2.32. The van der Waals surface area contributed by atoms with Crippen LogP contribution in [0.1, 0.15) is 12.8 Å². The lowest BCUT2D eigenvalue weighted by atomic mass is 9.96. The number of rotatable bonds is 3. The van der Waals surface area contributed by atoms with Crippen molar-refractivity contribution in [1.82, 2.24) is 9.97 Å². The van der Waals surface area contributed by atoms with Crippen LogP contribution < -0.4 is 10.2 Å². The van der Waals surface area contributed by atoms with Crippen LogP contribution in [0.25, 0.3) is 0 Å². The van der Waals surface area contributed by atoms with Crippen LogP contribution in [-0.4, -0.2) is 29.0 Å². The fourth-order valence-corrected chi connectivity index (χ4v) is 2.94. The predicted molar refractivity (Wildman–Crippen MR) is 86.9 cm³/mol. The van der Waals surface area contributed by atoms with E-state index in [4.69, 9.17) is 11.6 Å². The molecule has 1 atom stereocenters. The van der Waals surface area contributed by atoms with E-state index >= 15 is 0 Å². The van der Waals surface area contributed by atoms with Crippen molar-refractivity contribution in [2.24, 2.45) is 5.92 Å². The molecule has 1 aliphatic rings. The number of hydrogen-bond donors (Lipinski definition) is 1. The van der Waals surface area contributed by atoms with E-state index in [2.05, 4.69) is 15.3 Å². The van der Waals surface area contributed by atoms with Gasteiger partial charge in [-0.25, -0.2) is 4.98 Å². The number of nitrogens with zero attached hydrogens (tertiary/aromatic N) is 3. The fourth-order valence-electron chi connectivity index (χ4n) is 2.83. The average molecular weight is 389 g/mol. The van der Waals surface area contributed by atoms with Crippen molar-refractivity contribution in [3.63, 3.8) is 0 Å². The molecule has 10 heteroatoms. The topological polar surface area (TPSA) is 58.1 Å². The Balaban J connectivity index is 1.77. The number of carbonyl (C=O) groups excluding carboxylic acids is 1. The van der Waals surface area contributed by atoms with Crippen molar-refractivity contribution >= 4 is 29.0 Å². The maximum absolute atomic E-state index is 13.9. The Kier molecular flexibility index (Phi) is 5.26. The average Bonchev–Trinajstić information content (AvgIpc) is 2.62. The maximum Gasteiger partial charge on any atom is 0.253 e. The number of piperidine rings is 1. The first-order valence-corrected chi connectivity index (χ1v) is 8.12. The SMILES string of the molecule is O=C(Nc1ccc(Cl)cn1)C1CCCN(c2c(F)c(F)nc(F)c2F)C1. The van der Waals surface area contributed by atoms with Gasteiger partial charge in [-0.3, -0.25) is 4.79 Å². The minimum atomic E-state index is -1.73. The summed E-state index contributed by atoms with van der Waals surface area (Å²) in [7, 11) is 0. The molecule has 1 saturated heterocycles. The lowest BCUT2D eigenvalue weighted by Crippen LogP contribution is -2.42. The fraction of sp³-hybridized carbons (Fsp3) is 0.312. The summed E-state index contributed by atoms with van der Waals surface area (Å²) < 4.78 is 54.5. The molecule has 1 amide bonds. The summed E-state index contributed by atoms with van der Waals surface area (Å²) in [5, 5.41) is 2.98. The molecule has 5 nitrogen and oxygen atoms in total.